The molecule has 0 spiro atoms. The second kappa shape index (κ2) is 8.75. The Bertz CT molecular complexity index is 929. The van der Waals surface area contributed by atoms with Crippen molar-refractivity contribution in [3.63, 3.8) is 0 Å². The Morgan fingerprint density at radius 2 is 1.75 bits per heavy atom. The van der Waals surface area contributed by atoms with Gasteiger partial charge in [-0.3, -0.25) is 4.98 Å². The van der Waals surface area contributed by atoms with Gasteiger partial charge in [-0.25, -0.2) is 0 Å². The summed E-state index contributed by atoms with van der Waals surface area (Å²) in [6, 6.07) is 20.6. The molecule has 0 atom stereocenters. The van der Waals surface area contributed by atoms with Crippen molar-refractivity contribution < 1.29 is 9.47 Å². The maximum absolute atomic E-state index is 6.31. The van der Waals surface area contributed by atoms with Crippen LogP contribution in [0.25, 0.3) is 11.6 Å². The molecule has 3 nitrogen and oxygen atoms in total. The maximum Gasteiger partial charge on any atom is 0.162 e. The van der Waals surface area contributed by atoms with E-state index in [1.807, 2.05) is 24.4 Å². The Hall–Kier alpha value is -3.07. The highest BCUT2D eigenvalue weighted by atomic mass is 16.5. The van der Waals surface area contributed by atoms with E-state index in [1.165, 1.54) is 12.8 Å². The van der Waals surface area contributed by atoms with Crippen LogP contribution in [-0.2, 0) is 0 Å². The summed E-state index contributed by atoms with van der Waals surface area (Å²) in [6.07, 6.45) is 10.8. The third-order valence-electron chi connectivity index (χ3n) is 5.15. The zero-order valence-electron chi connectivity index (χ0n) is 16.2. The number of hydrogen-bond donors (Lipinski definition) is 0. The SMILES string of the molecule is COc1ccc(C(=Cc2cccnc2)c2ccccc2)cc1OC1CCCC1. The second-order valence-corrected chi connectivity index (χ2v) is 7.10. The molecule has 1 aliphatic carbocycles. The standard InChI is InChI=1S/C25H25NO2/c1-27-24-14-13-21(17-25(24)28-22-11-5-6-12-22)23(20-9-3-2-4-10-20)16-19-8-7-15-26-18-19/h2-4,7-10,13-18,22H,5-6,11-12H2,1H3. The number of methoxy groups -OCH3 is 1. The van der Waals surface area contributed by atoms with E-state index >= 15 is 0 Å². The van der Waals surface area contributed by atoms with Crippen LogP contribution >= 0.6 is 0 Å². The molecule has 1 saturated carbocycles. The Morgan fingerprint density at radius 1 is 0.929 bits per heavy atom. The topological polar surface area (TPSA) is 31.4 Å². The fraction of sp³-hybridized carbons (Fsp3) is 0.240. The summed E-state index contributed by atoms with van der Waals surface area (Å²) in [5.74, 6) is 1.60. The summed E-state index contributed by atoms with van der Waals surface area (Å²) in [6.45, 7) is 0. The van der Waals surface area contributed by atoms with Crippen molar-refractivity contribution in [1.29, 1.82) is 0 Å². The summed E-state index contributed by atoms with van der Waals surface area (Å²) in [5, 5.41) is 0. The molecule has 3 aromatic rings. The van der Waals surface area contributed by atoms with E-state index in [1.54, 1.807) is 13.3 Å². The van der Waals surface area contributed by atoms with Crippen molar-refractivity contribution in [1.82, 2.24) is 4.98 Å². The zero-order valence-corrected chi connectivity index (χ0v) is 16.2. The molecule has 1 aromatic heterocycles. The lowest BCUT2D eigenvalue weighted by Gasteiger charge is -2.18. The zero-order chi connectivity index (χ0) is 19.2. The summed E-state index contributed by atoms with van der Waals surface area (Å²) in [5.41, 5.74) is 4.45. The number of benzene rings is 2. The predicted octanol–water partition coefficient (Wildman–Crippen LogP) is 6.00. The van der Waals surface area contributed by atoms with Gasteiger partial charge in [0.05, 0.1) is 13.2 Å². The minimum atomic E-state index is 0.284. The molecule has 4 rings (SSSR count). The van der Waals surface area contributed by atoms with Crippen LogP contribution in [0, 0.1) is 0 Å². The number of hydrogen-bond acceptors (Lipinski definition) is 3. The van der Waals surface area contributed by atoms with Crippen molar-refractivity contribution in [2.45, 2.75) is 31.8 Å². The van der Waals surface area contributed by atoms with Gasteiger partial charge >= 0.3 is 0 Å². The number of nitrogens with zero attached hydrogens (tertiary/aromatic N) is 1. The first kappa shape index (κ1) is 18.3. The van der Waals surface area contributed by atoms with E-state index in [9.17, 15) is 0 Å². The van der Waals surface area contributed by atoms with Crippen LogP contribution < -0.4 is 9.47 Å². The van der Waals surface area contributed by atoms with Gasteiger partial charge in [0.2, 0.25) is 0 Å². The fourth-order valence-electron chi connectivity index (χ4n) is 3.70. The quantitative estimate of drug-likeness (QED) is 0.532. The Labute approximate surface area is 166 Å². The molecule has 0 bridgehead atoms. The van der Waals surface area contributed by atoms with E-state index in [0.29, 0.717) is 0 Å². The average molecular weight is 371 g/mol. The first-order chi connectivity index (χ1) is 13.8. The molecule has 3 heteroatoms. The third-order valence-corrected chi connectivity index (χ3v) is 5.15. The maximum atomic E-state index is 6.31. The molecule has 0 unspecified atom stereocenters. The summed E-state index contributed by atoms with van der Waals surface area (Å²) in [4.78, 5) is 4.25. The van der Waals surface area contributed by atoms with Gasteiger partial charge in [0, 0.05) is 12.4 Å². The molecular formula is C25H25NO2. The normalized spacial score (nSPS) is 14.8. The van der Waals surface area contributed by atoms with Crippen LogP contribution in [0.15, 0.2) is 73.1 Å². The fourth-order valence-corrected chi connectivity index (χ4v) is 3.70. The van der Waals surface area contributed by atoms with Crippen LogP contribution in [0.2, 0.25) is 0 Å². The minimum absolute atomic E-state index is 0.284. The molecule has 1 aliphatic rings. The van der Waals surface area contributed by atoms with Gasteiger partial charge in [-0.1, -0.05) is 42.5 Å². The van der Waals surface area contributed by atoms with Crippen LogP contribution in [0.5, 0.6) is 11.5 Å². The van der Waals surface area contributed by atoms with Crippen LogP contribution in [0.3, 0.4) is 0 Å². The van der Waals surface area contributed by atoms with Gasteiger partial charge in [0.15, 0.2) is 11.5 Å². The molecule has 28 heavy (non-hydrogen) atoms. The molecule has 0 saturated heterocycles. The molecule has 1 fully saturated rings. The molecule has 0 N–H and O–H groups in total. The first-order valence-corrected chi connectivity index (χ1v) is 9.86. The molecule has 2 aromatic carbocycles. The Balaban J connectivity index is 1.76. The van der Waals surface area contributed by atoms with Gasteiger partial charge in [-0.15, -0.1) is 0 Å². The van der Waals surface area contributed by atoms with Crippen molar-refractivity contribution in [3.8, 4) is 11.5 Å². The largest absolute Gasteiger partial charge is 0.493 e. The van der Waals surface area contributed by atoms with Crippen LogP contribution in [-0.4, -0.2) is 18.2 Å². The second-order valence-electron chi connectivity index (χ2n) is 7.10. The lowest BCUT2D eigenvalue weighted by molar-refractivity contribution is 0.201. The smallest absolute Gasteiger partial charge is 0.162 e. The molecule has 142 valence electrons. The van der Waals surface area contributed by atoms with Crippen molar-refractivity contribution in [3.05, 3.63) is 89.7 Å². The number of ether oxygens (including phenoxy) is 2. The number of pyridine rings is 1. The van der Waals surface area contributed by atoms with Gasteiger partial charge in [0.1, 0.15) is 0 Å². The van der Waals surface area contributed by atoms with Gasteiger partial charge in [0.25, 0.3) is 0 Å². The average Bonchev–Trinajstić information content (AvgIpc) is 3.26. The molecular weight excluding hydrogens is 346 g/mol. The molecule has 0 radical (unpaired) electrons. The predicted molar refractivity (Wildman–Crippen MR) is 114 cm³/mol. The molecule has 0 amide bonds. The summed E-state index contributed by atoms with van der Waals surface area (Å²) in [7, 11) is 1.69. The third kappa shape index (κ3) is 4.25. The van der Waals surface area contributed by atoms with Gasteiger partial charge < -0.3 is 9.47 Å². The lowest BCUT2D eigenvalue weighted by Crippen LogP contribution is -2.11. The van der Waals surface area contributed by atoms with Gasteiger partial charge in [-0.05, 0) is 72.2 Å². The highest BCUT2D eigenvalue weighted by Crippen LogP contribution is 2.36. The van der Waals surface area contributed by atoms with Crippen LogP contribution in [0.4, 0.5) is 0 Å². The monoisotopic (exact) mass is 371 g/mol. The van der Waals surface area contributed by atoms with E-state index in [0.717, 1.165) is 46.6 Å². The highest BCUT2D eigenvalue weighted by molar-refractivity contribution is 5.91. The van der Waals surface area contributed by atoms with Gasteiger partial charge in [-0.2, -0.15) is 0 Å². The van der Waals surface area contributed by atoms with E-state index in [4.69, 9.17) is 9.47 Å². The lowest BCUT2D eigenvalue weighted by atomic mass is 9.95. The molecule has 0 aliphatic heterocycles. The number of aromatic nitrogens is 1. The molecule has 1 heterocycles. The van der Waals surface area contributed by atoms with Crippen molar-refractivity contribution >= 4 is 11.6 Å². The van der Waals surface area contributed by atoms with E-state index < -0.39 is 0 Å². The summed E-state index contributed by atoms with van der Waals surface area (Å²) >= 11 is 0. The van der Waals surface area contributed by atoms with Crippen molar-refractivity contribution in [2.24, 2.45) is 0 Å². The Morgan fingerprint density at radius 3 is 2.46 bits per heavy atom. The van der Waals surface area contributed by atoms with E-state index in [2.05, 4.69) is 53.5 Å². The highest BCUT2D eigenvalue weighted by Gasteiger charge is 2.19. The summed E-state index contributed by atoms with van der Waals surface area (Å²) < 4.78 is 11.9. The number of rotatable bonds is 6. The first-order valence-electron chi connectivity index (χ1n) is 9.86. The minimum Gasteiger partial charge on any atom is -0.493 e. The van der Waals surface area contributed by atoms with Crippen molar-refractivity contribution in [2.75, 3.05) is 7.11 Å². The van der Waals surface area contributed by atoms with Crippen LogP contribution in [0.1, 0.15) is 42.4 Å². The Kier molecular flexibility index (Phi) is 5.72. The van der Waals surface area contributed by atoms with E-state index in [-0.39, 0.29) is 6.10 Å².